The molecule has 0 saturated carbocycles. The molecule has 0 bridgehead atoms. The quantitative estimate of drug-likeness (QED) is 0.645. The Morgan fingerprint density at radius 1 is 1.33 bits per heavy atom. The number of likely N-dealkylation sites (tertiary alicyclic amines) is 1. The molecule has 1 fully saturated rings. The highest BCUT2D eigenvalue weighted by Crippen LogP contribution is 2.34. The number of thiazole rings is 1. The van der Waals surface area contributed by atoms with Gasteiger partial charge in [-0.05, 0) is 44.5 Å². The van der Waals surface area contributed by atoms with E-state index in [1.807, 2.05) is 18.2 Å². The maximum Gasteiger partial charge on any atom is 0.231 e. The van der Waals surface area contributed by atoms with E-state index in [-0.39, 0.29) is 18.5 Å². The number of hydrogen-bond donors (Lipinski definition) is 0. The number of ketones is 1. The maximum atomic E-state index is 13.0. The predicted octanol–water partition coefficient (Wildman–Crippen LogP) is 3.53. The van der Waals surface area contributed by atoms with Crippen LogP contribution in [-0.2, 0) is 6.54 Å². The Bertz CT molecular complexity index is 1010. The van der Waals surface area contributed by atoms with E-state index < -0.39 is 0 Å². The summed E-state index contributed by atoms with van der Waals surface area (Å²) in [5, 5.41) is 2.06. The van der Waals surface area contributed by atoms with Crippen molar-refractivity contribution in [2.24, 2.45) is 5.92 Å². The van der Waals surface area contributed by atoms with Gasteiger partial charge in [-0.15, -0.1) is 11.3 Å². The Morgan fingerprint density at radius 3 is 3.15 bits per heavy atom. The first-order chi connectivity index (χ1) is 13.2. The molecular formula is C20H21N3O3S. The summed E-state index contributed by atoms with van der Waals surface area (Å²) in [7, 11) is 0. The fourth-order valence-corrected chi connectivity index (χ4v) is 4.82. The molecule has 2 aromatic heterocycles. The Morgan fingerprint density at radius 2 is 2.22 bits per heavy atom. The number of nitrogens with zero attached hydrogens (tertiary/aromatic N) is 3. The zero-order valence-electron chi connectivity index (χ0n) is 15.2. The van der Waals surface area contributed by atoms with E-state index in [0.717, 1.165) is 43.1 Å². The van der Waals surface area contributed by atoms with E-state index in [1.54, 1.807) is 11.3 Å². The topological polar surface area (TPSA) is 56.1 Å². The Kier molecular flexibility index (Phi) is 4.13. The van der Waals surface area contributed by atoms with Crippen LogP contribution in [0.15, 0.2) is 29.8 Å². The molecule has 2 aliphatic heterocycles. The van der Waals surface area contributed by atoms with Gasteiger partial charge in [0.1, 0.15) is 0 Å². The molecule has 2 aliphatic rings. The highest BCUT2D eigenvalue weighted by Gasteiger charge is 2.28. The molecule has 3 aromatic rings. The molecule has 5 rings (SSSR count). The minimum absolute atomic E-state index is 0.0188. The van der Waals surface area contributed by atoms with Crippen molar-refractivity contribution in [3.05, 3.63) is 46.7 Å². The third kappa shape index (κ3) is 3.00. The lowest BCUT2D eigenvalue weighted by molar-refractivity contribution is 0.0809. The number of piperidine rings is 1. The van der Waals surface area contributed by atoms with E-state index >= 15 is 0 Å². The Hall–Kier alpha value is -2.38. The van der Waals surface area contributed by atoms with Crippen molar-refractivity contribution in [2.45, 2.75) is 26.3 Å². The normalized spacial score (nSPS) is 19.7. The molecule has 1 aromatic carbocycles. The average molecular weight is 383 g/mol. The number of Topliss-reactive ketones (excluding diaryl/α,β-unsaturated/α-hetero) is 1. The van der Waals surface area contributed by atoms with Gasteiger partial charge in [0.05, 0.1) is 11.4 Å². The van der Waals surface area contributed by atoms with E-state index in [4.69, 9.17) is 9.47 Å². The summed E-state index contributed by atoms with van der Waals surface area (Å²) in [6, 6.07) is 5.50. The van der Waals surface area contributed by atoms with Gasteiger partial charge >= 0.3 is 0 Å². The third-order valence-corrected chi connectivity index (χ3v) is 6.22. The smallest absolute Gasteiger partial charge is 0.231 e. The minimum atomic E-state index is 0.0188. The third-order valence-electron chi connectivity index (χ3n) is 5.47. The summed E-state index contributed by atoms with van der Waals surface area (Å²) in [4.78, 5) is 21.1. The van der Waals surface area contributed by atoms with Gasteiger partial charge in [-0.25, -0.2) is 4.98 Å². The van der Waals surface area contributed by atoms with Crippen LogP contribution < -0.4 is 9.47 Å². The van der Waals surface area contributed by atoms with Crippen LogP contribution in [0.4, 0.5) is 0 Å². The van der Waals surface area contributed by atoms with E-state index in [2.05, 4.69) is 32.8 Å². The van der Waals surface area contributed by atoms with Gasteiger partial charge in [0, 0.05) is 36.1 Å². The molecule has 6 nitrogen and oxygen atoms in total. The summed E-state index contributed by atoms with van der Waals surface area (Å²) < 4.78 is 12.9. The van der Waals surface area contributed by atoms with Gasteiger partial charge in [0.15, 0.2) is 22.2 Å². The van der Waals surface area contributed by atoms with Crippen molar-refractivity contribution < 1.29 is 14.3 Å². The molecule has 0 radical (unpaired) electrons. The first kappa shape index (κ1) is 16.8. The van der Waals surface area contributed by atoms with Crippen LogP contribution in [0, 0.1) is 12.8 Å². The molecular weight excluding hydrogens is 362 g/mol. The lowest BCUT2D eigenvalue weighted by atomic mass is 9.89. The summed E-state index contributed by atoms with van der Waals surface area (Å²) >= 11 is 1.65. The average Bonchev–Trinajstić information content (AvgIpc) is 3.39. The zero-order chi connectivity index (χ0) is 18.4. The number of benzene rings is 1. The predicted molar refractivity (Wildman–Crippen MR) is 103 cm³/mol. The van der Waals surface area contributed by atoms with Crippen LogP contribution in [0.5, 0.6) is 11.5 Å². The maximum absolute atomic E-state index is 13.0. The number of rotatable bonds is 4. The summed E-state index contributed by atoms with van der Waals surface area (Å²) in [5.41, 5.74) is 3.01. The SMILES string of the molecule is Cc1nc2sccn2c1CN1CCC[C@@H](C(=O)c2ccc3c(c2)OCO3)C1. The van der Waals surface area contributed by atoms with Gasteiger partial charge in [0.2, 0.25) is 6.79 Å². The molecule has 0 N–H and O–H groups in total. The van der Waals surface area contributed by atoms with Crippen LogP contribution in [0.25, 0.3) is 4.96 Å². The molecule has 1 atom stereocenters. The monoisotopic (exact) mass is 383 g/mol. The number of aromatic nitrogens is 2. The van der Waals surface area contributed by atoms with Crippen molar-refractivity contribution in [1.82, 2.24) is 14.3 Å². The number of carbonyl (C=O) groups excluding carboxylic acids is 1. The number of fused-ring (bicyclic) bond motifs is 2. The van der Waals surface area contributed by atoms with Crippen molar-refractivity contribution >= 4 is 22.1 Å². The number of carbonyl (C=O) groups is 1. The van der Waals surface area contributed by atoms with Gasteiger partial charge in [-0.2, -0.15) is 0 Å². The first-order valence-corrected chi connectivity index (χ1v) is 10.1. The molecule has 0 amide bonds. The molecule has 7 heteroatoms. The van der Waals surface area contributed by atoms with Gasteiger partial charge in [-0.1, -0.05) is 0 Å². The van der Waals surface area contributed by atoms with Gasteiger partial charge in [0.25, 0.3) is 0 Å². The standard InChI is InChI=1S/C20H21N3O3S/c1-13-16(23-7-8-27-20(23)21-13)11-22-6-2-3-15(10-22)19(24)14-4-5-17-18(9-14)26-12-25-17/h4-5,7-9,15H,2-3,6,10-12H2,1H3/t15-/m1/s1. The molecule has 0 unspecified atom stereocenters. The second-order valence-electron chi connectivity index (χ2n) is 7.21. The van der Waals surface area contributed by atoms with E-state index in [0.29, 0.717) is 17.1 Å². The summed E-state index contributed by atoms with van der Waals surface area (Å²) in [5.74, 6) is 1.60. The van der Waals surface area contributed by atoms with Crippen molar-refractivity contribution in [3.63, 3.8) is 0 Å². The van der Waals surface area contributed by atoms with Crippen LogP contribution >= 0.6 is 11.3 Å². The molecule has 0 spiro atoms. The van der Waals surface area contributed by atoms with Crippen LogP contribution in [0.1, 0.15) is 34.6 Å². The molecule has 27 heavy (non-hydrogen) atoms. The number of imidazole rings is 1. The Balaban J connectivity index is 1.32. The van der Waals surface area contributed by atoms with Crippen LogP contribution in [0.2, 0.25) is 0 Å². The number of hydrogen-bond acceptors (Lipinski definition) is 6. The lowest BCUT2D eigenvalue weighted by Crippen LogP contribution is -2.38. The summed E-state index contributed by atoms with van der Waals surface area (Å²) in [6.45, 7) is 4.92. The number of ether oxygens (including phenoxy) is 2. The molecule has 0 aliphatic carbocycles. The highest BCUT2D eigenvalue weighted by atomic mass is 32.1. The number of aryl methyl sites for hydroxylation is 1. The second kappa shape index (κ2) is 6.65. The molecule has 4 heterocycles. The largest absolute Gasteiger partial charge is 0.454 e. The second-order valence-corrected chi connectivity index (χ2v) is 8.08. The van der Waals surface area contributed by atoms with Crippen molar-refractivity contribution in [3.8, 4) is 11.5 Å². The van der Waals surface area contributed by atoms with Gasteiger partial charge < -0.3 is 9.47 Å². The summed E-state index contributed by atoms with van der Waals surface area (Å²) in [6.07, 6.45) is 4.04. The van der Waals surface area contributed by atoms with Crippen molar-refractivity contribution in [2.75, 3.05) is 19.9 Å². The lowest BCUT2D eigenvalue weighted by Gasteiger charge is -2.32. The van der Waals surface area contributed by atoms with Crippen LogP contribution in [-0.4, -0.2) is 40.0 Å². The molecule has 140 valence electrons. The minimum Gasteiger partial charge on any atom is -0.454 e. The Labute approximate surface area is 161 Å². The van der Waals surface area contributed by atoms with E-state index in [1.165, 1.54) is 5.69 Å². The van der Waals surface area contributed by atoms with Crippen molar-refractivity contribution in [1.29, 1.82) is 0 Å². The fourth-order valence-electron chi connectivity index (χ4n) is 4.04. The molecule has 1 saturated heterocycles. The van der Waals surface area contributed by atoms with Crippen LogP contribution in [0.3, 0.4) is 0 Å². The van der Waals surface area contributed by atoms with Gasteiger partial charge in [-0.3, -0.25) is 14.1 Å². The highest BCUT2D eigenvalue weighted by molar-refractivity contribution is 7.15. The first-order valence-electron chi connectivity index (χ1n) is 9.26. The fraction of sp³-hybridized carbons (Fsp3) is 0.400. The van der Waals surface area contributed by atoms with E-state index in [9.17, 15) is 4.79 Å². The zero-order valence-corrected chi connectivity index (χ0v) is 16.0.